The summed E-state index contributed by atoms with van der Waals surface area (Å²) >= 11 is 0. The summed E-state index contributed by atoms with van der Waals surface area (Å²) in [6, 6.07) is -0.533. The number of carbonyl (C=O) groups is 3. The molecule has 0 aliphatic heterocycles. The highest BCUT2D eigenvalue weighted by atomic mass is 16.4. The molecular weight excluding hydrogens is 248 g/mol. The molecule has 3 N–H and O–H groups in total. The number of amides is 3. The summed E-state index contributed by atoms with van der Waals surface area (Å²) in [5, 5.41) is 13.4. The third-order valence-corrected chi connectivity index (χ3v) is 2.99. The minimum Gasteiger partial charge on any atom is -0.481 e. The van der Waals surface area contributed by atoms with Gasteiger partial charge in [0.1, 0.15) is 0 Å². The highest BCUT2D eigenvalue weighted by molar-refractivity contribution is 5.94. The van der Waals surface area contributed by atoms with Crippen LogP contribution in [-0.4, -0.2) is 29.6 Å². The lowest BCUT2D eigenvalue weighted by molar-refractivity contribution is -0.138. The molecule has 0 bridgehead atoms. The number of rotatable bonds is 7. The molecule has 0 saturated carbocycles. The van der Waals surface area contributed by atoms with Crippen LogP contribution in [0.25, 0.3) is 0 Å². The van der Waals surface area contributed by atoms with Crippen LogP contribution in [0.1, 0.15) is 47.0 Å². The van der Waals surface area contributed by atoms with Gasteiger partial charge in [-0.1, -0.05) is 27.7 Å². The Morgan fingerprint density at radius 2 is 1.79 bits per heavy atom. The van der Waals surface area contributed by atoms with Gasteiger partial charge in [0.25, 0.3) is 0 Å². The van der Waals surface area contributed by atoms with Gasteiger partial charge in [-0.25, -0.2) is 4.79 Å². The van der Waals surface area contributed by atoms with Crippen molar-refractivity contribution in [3.8, 4) is 0 Å². The zero-order valence-electron chi connectivity index (χ0n) is 12.1. The quantitative estimate of drug-likeness (QED) is 0.658. The third kappa shape index (κ3) is 9.04. The molecule has 0 heterocycles. The molecule has 0 spiro atoms. The molecule has 3 amide bonds. The van der Waals surface area contributed by atoms with Crippen molar-refractivity contribution in [2.45, 2.75) is 47.0 Å². The predicted octanol–water partition coefficient (Wildman–Crippen LogP) is 1.75. The van der Waals surface area contributed by atoms with Crippen LogP contribution in [-0.2, 0) is 9.59 Å². The molecule has 0 aliphatic rings. The smallest absolute Gasteiger partial charge is 0.321 e. The van der Waals surface area contributed by atoms with E-state index in [-0.39, 0.29) is 24.2 Å². The Morgan fingerprint density at radius 1 is 1.21 bits per heavy atom. The highest BCUT2D eigenvalue weighted by Crippen LogP contribution is 2.17. The monoisotopic (exact) mass is 272 g/mol. The number of urea groups is 1. The molecule has 0 saturated heterocycles. The molecule has 0 aromatic rings. The Labute approximate surface area is 113 Å². The van der Waals surface area contributed by atoms with Gasteiger partial charge >= 0.3 is 12.0 Å². The van der Waals surface area contributed by atoms with Crippen molar-refractivity contribution < 1.29 is 19.5 Å². The van der Waals surface area contributed by atoms with Crippen molar-refractivity contribution in [2.75, 3.05) is 6.54 Å². The van der Waals surface area contributed by atoms with E-state index in [9.17, 15) is 14.4 Å². The van der Waals surface area contributed by atoms with Gasteiger partial charge in [-0.2, -0.15) is 0 Å². The molecule has 0 aliphatic carbocycles. The lowest BCUT2D eigenvalue weighted by atomic mass is 9.90. The zero-order chi connectivity index (χ0) is 15.1. The Balaban J connectivity index is 4.00. The largest absolute Gasteiger partial charge is 0.481 e. The average molecular weight is 272 g/mol. The minimum absolute atomic E-state index is 0.0169. The fourth-order valence-corrected chi connectivity index (χ4v) is 1.35. The molecule has 0 radical (unpaired) electrons. The molecule has 1 unspecified atom stereocenters. The first-order valence-electron chi connectivity index (χ1n) is 6.45. The fraction of sp³-hybridized carbons (Fsp3) is 0.769. The standard InChI is InChI=1S/C13H24N2O4/c1-5-13(3,4)8-14-12(19)15-10(16)6-9(2)7-11(17)18/h9H,5-8H2,1-4H3,(H,17,18)(H2,14,15,16,19). The molecular formula is C13H24N2O4. The van der Waals surface area contributed by atoms with Crippen LogP contribution < -0.4 is 10.6 Å². The molecule has 6 heteroatoms. The summed E-state index contributed by atoms with van der Waals surface area (Å²) in [5.41, 5.74) is -0.0169. The maximum Gasteiger partial charge on any atom is 0.321 e. The van der Waals surface area contributed by atoms with Crippen molar-refractivity contribution in [3.05, 3.63) is 0 Å². The van der Waals surface area contributed by atoms with E-state index in [1.807, 2.05) is 20.8 Å². The van der Waals surface area contributed by atoms with Crippen LogP contribution in [0.4, 0.5) is 4.79 Å². The second-order valence-electron chi connectivity index (χ2n) is 5.66. The van der Waals surface area contributed by atoms with Crippen molar-refractivity contribution >= 4 is 17.9 Å². The predicted molar refractivity (Wildman–Crippen MR) is 71.6 cm³/mol. The second kappa shape index (κ2) is 7.76. The van der Waals surface area contributed by atoms with Crippen molar-refractivity contribution in [2.24, 2.45) is 11.3 Å². The summed E-state index contributed by atoms with van der Waals surface area (Å²) in [5.74, 6) is -1.70. The van der Waals surface area contributed by atoms with Gasteiger partial charge in [-0.15, -0.1) is 0 Å². The summed E-state index contributed by atoms with van der Waals surface area (Å²) in [6.45, 7) is 8.20. The van der Waals surface area contributed by atoms with Crippen LogP contribution in [0.5, 0.6) is 0 Å². The first-order chi connectivity index (χ1) is 8.66. The fourth-order valence-electron chi connectivity index (χ4n) is 1.35. The third-order valence-electron chi connectivity index (χ3n) is 2.99. The summed E-state index contributed by atoms with van der Waals surface area (Å²) in [6.07, 6.45) is 0.853. The topological polar surface area (TPSA) is 95.5 Å². The molecule has 0 aromatic heterocycles. The number of aliphatic carboxylic acids is 1. The van der Waals surface area contributed by atoms with E-state index in [0.717, 1.165) is 6.42 Å². The van der Waals surface area contributed by atoms with E-state index in [0.29, 0.717) is 6.54 Å². The Kier molecular flexibility index (Phi) is 7.11. The van der Waals surface area contributed by atoms with Gasteiger partial charge in [0.2, 0.25) is 5.91 Å². The number of carbonyl (C=O) groups excluding carboxylic acids is 2. The Morgan fingerprint density at radius 3 is 2.26 bits per heavy atom. The number of hydrogen-bond acceptors (Lipinski definition) is 3. The maximum absolute atomic E-state index is 11.5. The normalized spacial score (nSPS) is 12.6. The van der Waals surface area contributed by atoms with Crippen LogP contribution in [0, 0.1) is 11.3 Å². The highest BCUT2D eigenvalue weighted by Gasteiger charge is 2.18. The lowest BCUT2D eigenvalue weighted by Gasteiger charge is -2.22. The van der Waals surface area contributed by atoms with Crippen LogP contribution in [0.15, 0.2) is 0 Å². The number of imide groups is 1. The second-order valence-corrected chi connectivity index (χ2v) is 5.66. The minimum atomic E-state index is -0.950. The van der Waals surface area contributed by atoms with E-state index >= 15 is 0 Å². The maximum atomic E-state index is 11.5. The van der Waals surface area contributed by atoms with E-state index in [1.54, 1.807) is 6.92 Å². The molecule has 6 nitrogen and oxygen atoms in total. The van der Waals surface area contributed by atoms with Gasteiger partial charge in [-0.05, 0) is 17.8 Å². The van der Waals surface area contributed by atoms with Gasteiger partial charge in [0, 0.05) is 19.4 Å². The molecule has 19 heavy (non-hydrogen) atoms. The van der Waals surface area contributed by atoms with Crippen molar-refractivity contribution in [3.63, 3.8) is 0 Å². The van der Waals surface area contributed by atoms with E-state index < -0.39 is 17.9 Å². The van der Waals surface area contributed by atoms with E-state index in [4.69, 9.17) is 5.11 Å². The number of carboxylic acids is 1. The molecule has 1 atom stereocenters. The summed E-state index contributed by atoms with van der Waals surface area (Å²) in [4.78, 5) is 33.4. The number of nitrogens with one attached hydrogen (secondary N) is 2. The molecule has 0 aromatic carbocycles. The molecule has 110 valence electrons. The Hall–Kier alpha value is -1.59. The average Bonchev–Trinajstić information content (AvgIpc) is 2.25. The number of hydrogen-bond donors (Lipinski definition) is 3. The first kappa shape index (κ1) is 17.4. The van der Waals surface area contributed by atoms with Crippen molar-refractivity contribution in [1.82, 2.24) is 10.6 Å². The molecule has 0 rings (SSSR count). The lowest BCUT2D eigenvalue weighted by Crippen LogP contribution is -2.43. The summed E-state index contributed by atoms with van der Waals surface area (Å²) < 4.78 is 0. The van der Waals surface area contributed by atoms with Gasteiger partial charge < -0.3 is 10.4 Å². The molecule has 0 fully saturated rings. The van der Waals surface area contributed by atoms with Crippen LogP contribution >= 0.6 is 0 Å². The Bertz CT molecular complexity index is 340. The van der Waals surface area contributed by atoms with Crippen molar-refractivity contribution in [1.29, 1.82) is 0 Å². The van der Waals surface area contributed by atoms with Gasteiger partial charge in [0.05, 0.1) is 0 Å². The van der Waals surface area contributed by atoms with E-state index in [2.05, 4.69) is 10.6 Å². The van der Waals surface area contributed by atoms with E-state index in [1.165, 1.54) is 0 Å². The SMILES string of the molecule is CCC(C)(C)CNC(=O)NC(=O)CC(C)CC(=O)O. The first-order valence-corrected chi connectivity index (χ1v) is 6.45. The number of carboxylic acid groups (broad SMARTS) is 1. The van der Waals surface area contributed by atoms with Crippen LogP contribution in [0.3, 0.4) is 0 Å². The zero-order valence-corrected chi connectivity index (χ0v) is 12.1. The summed E-state index contributed by atoms with van der Waals surface area (Å²) in [7, 11) is 0. The van der Waals surface area contributed by atoms with Gasteiger partial charge in [-0.3, -0.25) is 14.9 Å². The van der Waals surface area contributed by atoms with Gasteiger partial charge in [0.15, 0.2) is 0 Å². The van der Waals surface area contributed by atoms with Crippen LogP contribution in [0.2, 0.25) is 0 Å².